The number of amides is 1. The number of nitrogens with one attached hydrogen (secondary N) is 2. The summed E-state index contributed by atoms with van der Waals surface area (Å²) in [6.07, 6.45) is 7.09. The Hall–Kier alpha value is -3.37. The van der Waals surface area contributed by atoms with Crippen molar-refractivity contribution in [2.24, 2.45) is 5.10 Å². The lowest BCUT2D eigenvalue weighted by Crippen LogP contribution is -2.43. The van der Waals surface area contributed by atoms with Crippen LogP contribution >= 0.6 is 23.4 Å². The first kappa shape index (κ1) is 25.7. The lowest BCUT2D eigenvalue weighted by atomic mass is 9.95. The fraction of sp³-hybridized carbons (Fsp3) is 0.320. The molecular formula is C25H26ClN5O4S. The quantitative estimate of drug-likeness (QED) is 0.181. The van der Waals surface area contributed by atoms with Gasteiger partial charge in [-0.15, -0.1) is 5.10 Å². The largest absolute Gasteiger partial charge is 0.546 e. The second kappa shape index (κ2) is 12.5. The predicted molar refractivity (Wildman–Crippen MR) is 135 cm³/mol. The van der Waals surface area contributed by atoms with E-state index in [2.05, 4.69) is 25.3 Å². The van der Waals surface area contributed by atoms with Crippen LogP contribution in [0.5, 0.6) is 5.75 Å². The molecule has 1 aromatic heterocycles. The van der Waals surface area contributed by atoms with E-state index in [1.54, 1.807) is 24.3 Å². The average molecular weight is 528 g/mol. The normalized spacial score (nSPS) is 14.1. The molecule has 0 unspecified atom stereocenters. The van der Waals surface area contributed by atoms with Gasteiger partial charge < -0.3 is 14.6 Å². The van der Waals surface area contributed by atoms with Crippen LogP contribution in [0.1, 0.15) is 43.7 Å². The van der Waals surface area contributed by atoms with E-state index in [0.29, 0.717) is 22.4 Å². The number of hydrogen-bond donors (Lipinski definition) is 2. The van der Waals surface area contributed by atoms with E-state index in [0.717, 1.165) is 42.2 Å². The minimum Gasteiger partial charge on any atom is -0.546 e. The fourth-order valence-corrected chi connectivity index (χ4v) is 5.03. The maximum atomic E-state index is 12.5. The highest BCUT2D eigenvalue weighted by molar-refractivity contribution is 7.99. The van der Waals surface area contributed by atoms with Crippen molar-refractivity contribution >= 4 is 41.5 Å². The van der Waals surface area contributed by atoms with Gasteiger partial charge in [0.1, 0.15) is 12.4 Å². The molecule has 1 heterocycles. The molecule has 0 bridgehead atoms. The number of benzene rings is 2. The Morgan fingerprint density at radius 1 is 1.19 bits per heavy atom. The number of halogens is 1. The van der Waals surface area contributed by atoms with Crippen LogP contribution in [0.2, 0.25) is 5.02 Å². The van der Waals surface area contributed by atoms with Gasteiger partial charge >= 0.3 is 5.16 Å². The van der Waals surface area contributed by atoms with Crippen LogP contribution in [0.3, 0.4) is 0 Å². The Kier molecular flexibility index (Phi) is 8.96. The highest BCUT2D eigenvalue weighted by Crippen LogP contribution is 2.29. The SMILES string of the molecule is O=C([O-])COc1ccccc1/C=N/NC(=O)CSc1n[nH]c(-c2ccc(Cl)cc2)[n+]1C1CCCCC1. The highest BCUT2D eigenvalue weighted by atomic mass is 35.5. The zero-order valence-electron chi connectivity index (χ0n) is 19.5. The summed E-state index contributed by atoms with van der Waals surface area (Å²) in [5.74, 6) is -0.273. The molecule has 1 amide bonds. The molecule has 3 aromatic rings. The standard InChI is InChI=1S/C25H26ClN5O4S/c26-19-12-10-17(11-13-19)24-29-30-25(31(24)20-7-2-1-3-8-20)36-16-22(32)28-27-14-18-6-4-5-9-21(18)35-15-23(33)34/h4-6,9-14,20H,1-3,7-8,15-16H2,(H2,28,32,33,34)/b27-14+. The Morgan fingerprint density at radius 3 is 2.69 bits per heavy atom. The van der Waals surface area contributed by atoms with E-state index in [1.807, 2.05) is 24.3 Å². The Morgan fingerprint density at radius 2 is 1.94 bits per heavy atom. The van der Waals surface area contributed by atoms with Crippen molar-refractivity contribution in [2.45, 2.75) is 43.3 Å². The first-order valence-corrected chi connectivity index (χ1v) is 13.0. The monoisotopic (exact) mass is 527 g/mol. The number of aliphatic carboxylic acids is 1. The van der Waals surface area contributed by atoms with Crippen LogP contribution < -0.4 is 19.8 Å². The summed E-state index contributed by atoms with van der Waals surface area (Å²) in [5.41, 5.74) is 4.01. The predicted octanol–water partition coefficient (Wildman–Crippen LogP) is 2.89. The molecule has 4 rings (SSSR count). The molecule has 1 fully saturated rings. The summed E-state index contributed by atoms with van der Waals surface area (Å²) < 4.78 is 7.39. The van der Waals surface area contributed by atoms with Gasteiger partial charge in [-0.05, 0) is 73.8 Å². The highest BCUT2D eigenvalue weighted by Gasteiger charge is 2.30. The number of rotatable bonds is 10. The molecule has 0 atom stereocenters. The number of H-pyrrole nitrogens is 1. The second-order valence-electron chi connectivity index (χ2n) is 8.30. The summed E-state index contributed by atoms with van der Waals surface area (Å²) in [6.45, 7) is -0.573. The van der Waals surface area contributed by atoms with Crippen LogP contribution in [0.4, 0.5) is 0 Å². The fourth-order valence-electron chi connectivity index (χ4n) is 4.09. The third-order valence-corrected chi connectivity index (χ3v) is 6.96. The van der Waals surface area contributed by atoms with Crippen LogP contribution in [0, 0.1) is 0 Å². The maximum absolute atomic E-state index is 12.5. The molecule has 0 radical (unpaired) electrons. The molecule has 1 saturated carbocycles. The van der Waals surface area contributed by atoms with Crippen molar-refractivity contribution in [3.05, 3.63) is 59.1 Å². The first-order chi connectivity index (χ1) is 17.5. The number of hydrazone groups is 1. The lowest BCUT2D eigenvalue weighted by Gasteiger charge is -2.21. The van der Waals surface area contributed by atoms with Gasteiger partial charge in [-0.2, -0.15) is 5.10 Å². The number of ether oxygens (including phenoxy) is 1. The number of nitrogens with zero attached hydrogens (tertiary/aromatic N) is 3. The summed E-state index contributed by atoms with van der Waals surface area (Å²) in [4.78, 5) is 23.1. The number of carboxylic acids is 1. The molecule has 0 spiro atoms. The topological polar surface area (TPSA) is 123 Å². The number of carboxylic acid groups (broad SMARTS) is 1. The van der Waals surface area contributed by atoms with Crippen LogP contribution in [0.15, 0.2) is 58.8 Å². The number of carbonyl (C=O) groups excluding carboxylic acids is 2. The number of hydrogen-bond acceptors (Lipinski definition) is 7. The van der Waals surface area contributed by atoms with Gasteiger partial charge in [0, 0.05) is 10.6 Å². The number of aromatic amines is 1. The number of para-hydroxylation sites is 1. The van der Waals surface area contributed by atoms with Crippen molar-refractivity contribution in [2.75, 3.05) is 12.4 Å². The molecular weight excluding hydrogens is 502 g/mol. The van der Waals surface area contributed by atoms with Crippen molar-refractivity contribution in [3.8, 4) is 17.1 Å². The van der Waals surface area contributed by atoms with Crippen molar-refractivity contribution in [3.63, 3.8) is 0 Å². The maximum Gasteiger partial charge on any atom is 0.337 e. The van der Waals surface area contributed by atoms with E-state index < -0.39 is 12.6 Å². The summed E-state index contributed by atoms with van der Waals surface area (Å²) in [7, 11) is 0. The Labute approximate surface area is 217 Å². The van der Waals surface area contributed by atoms with Gasteiger partial charge in [0.05, 0.1) is 34.6 Å². The average Bonchev–Trinajstić information content (AvgIpc) is 3.32. The van der Waals surface area contributed by atoms with Gasteiger partial charge in [-0.1, -0.05) is 30.2 Å². The second-order valence-corrected chi connectivity index (χ2v) is 9.68. The Bertz CT molecular complexity index is 1230. The summed E-state index contributed by atoms with van der Waals surface area (Å²) in [6, 6.07) is 14.7. The van der Waals surface area contributed by atoms with Gasteiger partial charge in [-0.3, -0.25) is 4.79 Å². The number of aromatic nitrogens is 3. The third-order valence-electron chi connectivity index (χ3n) is 5.75. The molecule has 2 aromatic carbocycles. The molecule has 0 aliphatic heterocycles. The number of carbonyl (C=O) groups is 2. The Balaban J connectivity index is 1.42. The van der Waals surface area contributed by atoms with Crippen LogP contribution in [-0.2, 0) is 9.59 Å². The molecule has 188 valence electrons. The van der Waals surface area contributed by atoms with Crippen molar-refractivity contribution < 1.29 is 24.0 Å². The molecule has 1 aliphatic carbocycles. The third kappa shape index (κ3) is 6.86. The van der Waals surface area contributed by atoms with E-state index in [-0.39, 0.29) is 11.7 Å². The molecule has 1 aliphatic rings. The first-order valence-electron chi connectivity index (χ1n) is 11.6. The molecule has 0 saturated heterocycles. The van der Waals surface area contributed by atoms with Gasteiger partial charge in [0.2, 0.25) is 0 Å². The van der Waals surface area contributed by atoms with E-state index in [4.69, 9.17) is 16.3 Å². The minimum atomic E-state index is -1.32. The van der Waals surface area contributed by atoms with Gasteiger partial charge in [-0.25, -0.2) is 9.99 Å². The van der Waals surface area contributed by atoms with Crippen LogP contribution in [-0.4, -0.2) is 40.6 Å². The molecule has 36 heavy (non-hydrogen) atoms. The minimum absolute atomic E-state index is 0.123. The zero-order valence-corrected chi connectivity index (χ0v) is 21.1. The molecule has 9 nitrogen and oxygen atoms in total. The zero-order chi connectivity index (χ0) is 25.3. The van der Waals surface area contributed by atoms with Gasteiger partial charge in [0.15, 0.2) is 0 Å². The van der Waals surface area contributed by atoms with E-state index in [1.165, 1.54) is 24.4 Å². The van der Waals surface area contributed by atoms with Crippen molar-refractivity contribution in [1.29, 1.82) is 0 Å². The van der Waals surface area contributed by atoms with Crippen molar-refractivity contribution in [1.82, 2.24) is 15.6 Å². The van der Waals surface area contributed by atoms with Crippen LogP contribution in [0.25, 0.3) is 11.4 Å². The summed E-state index contributed by atoms with van der Waals surface area (Å²) >= 11 is 7.41. The summed E-state index contributed by atoms with van der Waals surface area (Å²) in [5, 5.41) is 23.7. The van der Waals surface area contributed by atoms with E-state index in [9.17, 15) is 14.7 Å². The van der Waals surface area contributed by atoms with Gasteiger partial charge in [0.25, 0.3) is 11.7 Å². The molecule has 11 heteroatoms. The number of thioether (sulfide) groups is 1. The lowest BCUT2D eigenvalue weighted by molar-refractivity contribution is -0.749. The van der Waals surface area contributed by atoms with E-state index >= 15 is 0 Å². The smallest absolute Gasteiger partial charge is 0.337 e. The molecule has 2 N–H and O–H groups in total.